The molecule has 1 heterocycles. The highest BCUT2D eigenvalue weighted by atomic mass is 15.3. The van der Waals surface area contributed by atoms with Crippen molar-refractivity contribution in [3.8, 4) is 0 Å². The Labute approximate surface area is 117 Å². The van der Waals surface area contributed by atoms with E-state index >= 15 is 0 Å². The van der Waals surface area contributed by atoms with Crippen molar-refractivity contribution in [1.82, 2.24) is 25.0 Å². The molecule has 0 saturated carbocycles. The molecule has 1 rings (SSSR count). The van der Waals surface area contributed by atoms with Gasteiger partial charge in [-0.05, 0) is 32.9 Å². The van der Waals surface area contributed by atoms with E-state index in [9.17, 15) is 0 Å². The van der Waals surface area contributed by atoms with Gasteiger partial charge in [0, 0.05) is 19.1 Å². The molecule has 0 aliphatic carbocycles. The van der Waals surface area contributed by atoms with Crippen molar-refractivity contribution < 1.29 is 0 Å². The van der Waals surface area contributed by atoms with Crippen LogP contribution in [0.2, 0.25) is 0 Å². The van der Waals surface area contributed by atoms with Gasteiger partial charge in [0.1, 0.15) is 12.2 Å². The summed E-state index contributed by atoms with van der Waals surface area (Å²) in [5.74, 6) is 1.74. The Bertz CT molecular complexity index is 335. The van der Waals surface area contributed by atoms with Crippen molar-refractivity contribution in [1.29, 1.82) is 0 Å². The van der Waals surface area contributed by atoms with E-state index in [1.807, 2.05) is 4.68 Å². The minimum Gasteiger partial charge on any atom is -0.308 e. The van der Waals surface area contributed by atoms with Crippen molar-refractivity contribution in [2.75, 3.05) is 20.6 Å². The molecule has 0 aliphatic heterocycles. The maximum absolute atomic E-state index is 4.34. The molecule has 1 aromatic heterocycles. The zero-order chi connectivity index (χ0) is 14.3. The number of nitrogens with one attached hydrogen (secondary N) is 1. The average Bonchev–Trinajstić information content (AvgIpc) is 2.72. The van der Waals surface area contributed by atoms with E-state index in [0.29, 0.717) is 12.0 Å². The van der Waals surface area contributed by atoms with Gasteiger partial charge in [-0.3, -0.25) is 0 Å². The van der Waals surface area contributed by atoms with Crippen LogP contribution in [-0.2, 0) is 13.1 Å². The zero-order valence-electron chi connectivity index (χ0n) is 13.1. The Hall–Kier alpha value is -0.940. The predicted molar refractivity (Wildman–Crippen MR) is 78.9 cm³/mol. The molecule has 19 heavy (non-hydrogen) atoms. The summed E-state index contributed by atoms with van der Waals surface area (Å²) in [7, 11) is 4.24. The molecular weight excluding hydrogens is 238 g/mol. The second-order valence-electron chi connectivity index (χ2n) is 5.87. The molecular formula is C14H29N5. The number of aromatic nitrogens is 3. The van der Waals surface area contributed by atoms with Crippen LogP contribution < -0.4 is 5.32 Å². The van der Waals surface area contributed by atoms with E-state index in [4.69, 9.17) is 0 Å². The van der Waals surface area contributed by atoms with Gasteiger partial charge in [0.25, 0.3) is 0 Å². The molecule has 0 aromatic carbocycles. The standard InChI is InChI=1S/C14H29N5/c1-6-7-19-14(16-11-17-19)9-15-13(8-12(2)3)10-18(4)5/h11-13,15H,6-10H2,1-5H3. The summed E-state index contributed by atoms with van der Waals surface area (Å²) in [6, 6.07) is 0.502. The van der Waals surface area contributed by atoms with Gasteiger partial charge in [-0.2, -0.15) is 5.10 Å². The van der Waals surface area contributed by atoms with Gasteiger partial charge >= 0.3 is 0 Å². The summed E-state index contributed by atoms with van der Waals surface area (Å²) in [5.41, 5.74) is 0. The molecule has 5 nitrogen and oxygen atoms in total. The molecule has 1 unspecified atom stereocenters. The minimum absolute atomic E-state index is 0.502. The van der Waals surface area contributed by atoms with E-state index in [1.165, 1.54) is 6.42 Å². The lowest BCUT2D eigenvalue weighted by Crippen LogP contribution is -2.39. The normalized spacial score (nSPS) is 13.4. The van der Waals surface area contributed by atoms with Gasteiger partial charge in [-0.25, -0.2) is 9.67 Å². The Morgan fingerprint density at radius 1 is 1.37 bits per heavy atom. The third-order valence-corrected chi connectivity index (χ3v) is 3.02. The first-order valence-electron chi connectivity index (χ1n) is 7.27. The van der Waals surface area contributed by atoms with Crippen LogP contribution in [0.1, 0.15) is 39.4 Å². The maximum Gasteiger partial charge on any atom is 0.140 e. The number of hydrogen-bond acceptors (Lipinski definition) is 4. The topological polar surface area (TPSA) is 46.0 Å². The molecule has 1 aromatic rings. The van der Waals surface area contributed by atoms with Gasteiger partial charge < -0.3 is 10.2 Å². The molecule has 0 aliphatic rings. The number of aryl methyl sites for hydroxylation is 1. The van der Waals surface area contributed by atoms with Crippen molar-refractivity contribution >= 4 is 0 Å². The van der Waals surface area contributed by atoms with Gasteiger partial charge in [0.15, 0.2) is 0 Å². The fourth-order valence-electron chi connectivity index (χ4n) is 2.29. The highest BCUT2D eigenvalue weighted by Gasteiger charge is 2.13. The third kappa shape index (κ3) is 6.16. The Balaban J connectivity index is 2.51. The van der Waals surface area contributed by atoms with E-state index < -0.39 is 0 Å². The second-order valence-corrected chi connectivity index (χ2v) is 5.87. The molecule has 0 fully saturated rings. The van der Waals surface area contributed by atoms with E-state index in [-0.39, 0.29) is 0 Å². The summed E-state index contributed by atoms with van der Waals surface area (Å²) in [4.78, 5) is 6.57. The van der Waals surface area contributed by atoms with Crippen molar-refractivity contribution in [2.45, 2.75) is 52.7 Å². The van der Waals surface area contributed by atoms with Crippen LogP contribution in [0, 0.1) is 5.92 Å². The fraction of sp³-hybridized carbons (Fsp3) is 0.857. The molecule has 0 spiro atoms. The van der Waals surface area contributed by atoms with Gasteiger partial charge in [0.05, 0.1) is 6.54 Å². The van der Waals surface area contributed by atoms with Crippen molar-refractivity contribution in [3.05, 3.63) is 12.2 Å². The molecule has 5 heteroatoms. The number of nitrogens with zero attached hydrogens (tertiary/aromatic N) is 4. The largest absolute Gasteiger partial charge is 0.308 e. The lowest BCUT2D eigenvalue weighted by Gasteiger charge is -2.24. The zero-order valence-corrected chi connectivity index (χ0v) is 13.1. The fourth-order valence-corrected chi connectivity index (χ4v) is 2.29. The van der Waals surface area contributed by atoms with Crippen LogP contribution >= 0.6 is 0 Å². The Morgan fingerprint density at radius 2 is 2.11 bits per heavy atom. The SMILES string of the molecule is CCCn1ncnc1CNC(CC(C)C)CN(C)C. The Kier molecular flexibility index (Phi) is 7.02. The van der Waals surface area contributed by atoms with Crippen LogP contribution in [0.5, 0.6) is 0 Å². The molecule has 1 N–H and O–H groups in total. The smallest absolute Gasteiger partial charge is 0.140 e. The van der Waals surface area contributed by atoms with Crippen molar-refractivity contribution in [2.24, 2.45) is 5.92 Å². The molecule has 0 saturated heterocycles. The van der Waals surface area contributed by atoms with Gasteiger partial charge in [-0.1, -0.05) is 20.8 Å². The highest BCUT2D eigenvalue weighted by molar-refractivity contribution is 4.85. The summed E-state index contributed by atoms with van der Waals surface area (Å²) in [6.45, 7) is 9.49. The monoisotopic (exact) mass is 267 g/mol. The second kappa shape index (κ2) is 8.27. The van der Waals surface area contributed by atoms with E-state index in [2.05, 4.69) is 55.2 Å². The highest BCUT2D eigenvalue weighted by Crippen LogP contribution is 2.06. The Morgan fingerprint density at radius 3 is 2.68 bits per heavy atom. The van der Waals surface area contributed by atoms with Crippen LogP contribution in [-0.4, -0.2) is 46.3 Å². The van der Waals surface area contributed by atoms with Crippen LogP contribution in [0.25, 0.3) is 0 Å². The molecule has 110 valence electrons. The number of rotatable bonds is 9. The predicted octanol–water partition coefficient (Wildman–Crippen LogP) is 1.75. The maximum atomic E-state index is 4.34. The summed E-state index contributed by atoms with van der Waals surface area (Å²) in [5, 5.41) is 7.88. The summed E-state index contributed by atoms with van der Waals surface area (Å²) < 4.78 is 2.00. The lowest BCUT2D eigenvalue weighted by atomic mass is 10.0. The molecule has 0 radical (unpaired) electrons. The van der Waals surface area contributed by atoms with Crippen LogP contribution in [0.15, 0.2) is 6.33 Å². The first-order valence-corrected chi connectivity index (χ1v) is 7.27. The molecule has 1 atom stereocenters. The first kappa shape index (κ1) is 16.1. The molecule has 0 amide bonds. The van der Waals surface area contributed by atoms with Crippen molar-refractivity contribution in [3.63, 3.8) is 0 Å². The summed E-state index contributed by atoms with van der Waals surface area (Å²) in [6.07, 6.45) is 3.92. The average molecular weight is 267 g/mol. The number of hydrogen-bond donors (Lipinski definition) is 1. The summed E-state index contributed by atoms with van der Waals surface area (Å²) >= 11 is 0. The van der Waals surface area contributed by atoms with E-state index in [1.54, 1.807) is 6.33 Å². The van der Waals surface area contributed by atoms with Gasteiger partial charge in [0.2, 0.25) is 0 Å². The minimum atomic E-state index is 0.502. The first-order chi connectivity index (χ1) is 9.02. The third-order valence-electron chi connectivity index (χ3n) is 3.02. The van der Waals surface area contributed by atoms with Crippen LogP contribution in [0.4, 0.5) is 0 Å². The quantitative estimate of drug-likeness (QED) is 0.740. The number of likely N-dealkylation sites (N-methyl/N-ethyl adjacent to an activating group) is 1. The van der Waals surface area contributed by atoms with Crippen LogP contribution in [0.3, 0.4) is 0 Å². The van der Waals surface area contributed by atoms with E-state index in [0.717, 1.165) is 31.9 Å². The van der Waals surface area contributed by atoms with Gasteiger partial charge in [-0.15, -0.1) is 0 Å². The lowest BCUT2D eigenvalue weighted by molar-refractivity contribution is 0.302. The molecule has 0 bridgehead atoms.